The number of rotatable bonds is 5. The van der Waals surface area contributed by atoms with Crippen LogP contribution in [-0.4, -0.2) is 21.3 Å². The molecule has 0 spiro atoms. The van der Waals surface area contributed by atoms with Gasteiger partial charge in [0.05, 0.1) is 10.6 Å². The number of nitrogen functional groups attached to an aromatic ring is 1. The highest BCUT2D eigenvalue weighted by molar-refractivity contribution is 7.17. The summed E-state index contributed by atoms with van der Waals surface area (Å²) in [6.07, 6.45) is -0.397. The van der Waals surface area contributed by atoms with Crippen LogP contribution in [-0.2, 0) is 0 Å². The SMILES string of the molecule is CC(Oc1cc(-c2cc(N)n[nH]2)sc1C(=O)O)c1ccccc1Cl. The first kappa shape index (κ1) is 16.4. The Morgan fingerprint density at radius 2 is 2.17 bits per heavy atom. The summed E-state index contributed by atoms with van der Waals surface area (Å²) in [5.74, 6) is -0.439. The minimum Gasteiger partial charge on any atom is -0.484 e. The first-order valence-electron chi connectivity index (χ1n) is 7.05. The van der Waals surface area contributed by atoms with Crippen LogP contribution >= 0.6 is 22.9 Å². The number of anilines is 1. The van der Waals surface area contributed by atoms with Crippen molar-refractivity contribution in [2.75, 3.05) is 5.73 Å². The predicted octanol–water partition coefficient (Wildman–Crippen LogP) is 4.21. The first-order valence-corrected chi connectivity index (χ1v) is 8.24. The summed E-state index contributed by atoms with van der Waals surface area (Å²) in [6, 6.07) is 10.6. The number of thiophene rings is 1. The lowest BCUT2D eigenvalue weighted by Gasteiger charge is -2.15. The molecular formula is C16H14ClN3O3S. The minimum absolute atomic E-state index is 0.108. The molecule has 4 N–H and O–H groups in total. The standard InChI is InChI=1S/C16H14ClN3O3S/c1-8(9-4-2-3-5-10(9)17)23-12-7-13(24-15(12)16(21)22)11-6-14(18)20-19-11/h2-8H,1H3,(H,21,22)(H3,18,19,20). The summed E-state index contributed by atoms with van der Waals surface area (Å²) in [6.45, 7) is 1.82. The van der Waals surface area contributed by atoms with Crippen molar-refractivity contribution in [1.82, 2.24) is 10.2 Å². The van der Waals surface area contributed by atoms with Gasteiger partial charge in [0.25, 0.3) is 0 Å². The van der Waals surface area contributed by atoms with E-state index in [1.165, 1.54) is 0 Å². The molecule has 24 heavy (non-hydrogen) atoms. The molecule has 1 atom stereocenters. The molecule has 0 aliphatic heterocycles. The van der Waals surface area contributed by atoms with E-state index in [1.807, 2.05) is 25.1 Å². The average Bonchev–Trinajstić information content (AvgIpc) is 3.14. The van der Waals surface area contributed by atoms with Crippen LogP contribution in [0.2, 0.25) is 5.02 Å². The van der Waals surface area contributed by atoms with Crippen molar-refractivity contribution in [3.63, 3.8) is 0 Å². The Morgan fingerprint density at radius 1 is 1.42 bits per heavy atom. The Hall–Kier alpha value is -2.51. The first-order chi connectivity index (χ1) is 11.5. The number of ether oxygens (including phenoxy) is 1. The van der Waals surface area contributed by atoms with Crippen LogP contribution in [0.4, 0.5) is 5.82 Å². The van der Waals surface area contributed by atoms with Gasteiger partial charge in [0.1, 0.15) is 17.7 Å². The Kier molecular flexibility index (Phi) is 4.46. The maximum Gasteiger partial charge on any atom is 0.349 e. The van der Waals surface area contributed by atoms with E-state index in [0.29, 0.717) is 21.4 Å². The third kappa shape index (κ3) is 3.22. The van der Waals surface area contributed by atoms with Crippen molar-refractivity contribution in [2.45, 2.75) is 13.0 Å². The van der Waals surface area contributed by atoms with Gasteiger partial charge < -0.3 is 15.6 Å². The van der Waals surface area contributed by atoms with Crippen molar-refractivity contribution in [3.8, 4) is 16.3 Å². The number of benzene rings is 1. The Balaban J connectivity index is 1.93. The molecule has 0 bridgehead atoms. The van der Waals surface area contributed by atoms with Gasteiger partial charge in [0.2, 0.25) is 0 Å². The smallest absolute Gasteiger partial charge is 0.349 e. The second-order valence-corrected chi connectivity index (χ2v) is 6.56. The van der Waals surface area contributed by atoms with Gasteiger partial charge in [0.15, 0.2) is 4.88 Å². The van der Waals surface area contributed by atoms with Crippen molar-refractivity contribution < 1.29 is 14.6 Å². The highest BCUT2D eigenvalue weighted by Gasteiger charge is 2.21. The molecular weight excluding hydrogens is 350 g/mol. The summed E-state index contributed by atoms with van der Waals surface area (Å²) < 4.78 is 5.86. The average molecular weight is 364 g/mol. The summed E-state index contributed by atoms with van der Waals surface area (Å²) in [4.78, 5) is 12.3. The number of hydrogen-bond acceptors (Lipinski definition) is 5. The molecule has 3 rings (SSSR count). The maximum absolute atomic E-state index is 11.5. The van der Waals surface area contributed by atoms with E-state index < -0.39 is 12.1 Å². The maximum atomic E-state index is 11.5. The van der Waals surface area contributed by atoms with Gasteiger partial charge in [-0.25, -0.2) is 4.79 Å². The number of carboxylic acid groups (broad SMARTS) is 1. The number of carboxylic acids is 1. The van der Waals surface area contributed by atoms with E-state index in [2.05, 4.69) is 10.2 Å². The fourth-order valence-corrected chi connectivity index (χ4v) is 3.45. The molecule has 0 saturated heterocycles. The third-order valence-electron chi connectivity index (χ3n) is 3.40. The predicted molar refractivity (Wildman–Crippen MR) is 93.8 cm³/mol. The number of nitrogens with one attached hydrogen (secondary N) is 1. The number of aromatic carboxylic acids is 1. The van der Waals surface area contributed by atoms with E-state index in [1.54, 1.807) is 18.2 Å². The second kappa shape index (κ2) is 6.54. The zero-order valence-electron chi connectivity index (χ0n) is 12.6. The molecule has 3 aromatic rings. The number of H-pyrrole nitrogens is 1. The molecule has 2 aromatic heterocycles. The second-order valence-electron chi connectivity index (χ2n) is 5.10. The summed E-state index contributed by atoms with van der Waals surface area (Å²) in [7, 11) is 0. The van der Waals surface area contributed by atoms with E-state index in [0.717, 1.165) is 16.9 Å². The number of aromatic nitrogens is 2. The molecule has 124 valence electrons. The Morgan fingerprint density at radius 3 is 2.79 bits per heavy atom. The number of carbonyl (C=O) groups is 1. The Bertz CT molecular complexity index is 890. The van der Waals surface area contributed by atoms with Gasteiger partial charge in [-0.05, 0) is 13.0 Å². The fourth-order valence-electron chi connectivity index (χ4n) is 2.27. The molecule has 0 amide bonds. The molecule has 1 aromatic carbocycles. The molecule has 0 aliphatic carbocycles. The topological polar surface area (TPSA) is 101 Å². The molecule has 8 heteroatoms. The minimum atomic E-state index is -1.06. The van der Waals surface area contributed by atoms with Gasteiger partial charge in [-0.3, -0.25) is 5.10 Å². The summed E-state index contributed by atoms with van der Waals surface area (Å²) >= 11 is 7.26. The largest absolute Gasteiger partial charge is 0.484 e. The van der Waals surface area contributed by atoms with E-state index in [4.69, 9.17) is 22.1 Å². The van der Waals surface area contributed by atoms with Crippen molar-refractivity contribution in [2.24, 2.45) is 0 Å². The van der Waals surface area contributed by atoms with Gasteiger partial charge >= 0.3 is 5.97 Å². The number of nitrogens with two attached hydrogens (primary N) is 1. The lowest BCUT2D eigenvalue weighted by Crippen LogP contribution is -2.06. The monoisotopic (exact) mass is 363 g/mol. The summed E-state index contributed by atoms with van der Waals surface area (Å²) in [5, 5.41) is 16.6. The third-order valence-corrected chi connectivity index (χ3v) is 4.88. The van der Waals surface area contributed by atoms with Crippen LogP contribution in [0.15, 0.2) is 36.4 Å². The van der Waals surface area contributed by atoms with Crippen molar-refractivity contribution in [3.05, 3.63) is 51.9 Å². The van der Waals surface area contributed by atoms with Crippen LogP contribution in [0.25, 0.3) is 10.6 Å². The van der Waals surface area contributed by atoms with Crippen LogP contribution in [0.1, 0.15) is 28.3 Å². The molecule has 1 unspecified atom stereocenters. The van der Waals surface area contributed by atoms with E-state index in [9.17, 15) is 9.90 Å². The van der Waals surface area contributed by atoms with Crippen molar-refractivity contribution in [1.29, 1.82) is 0 Å². The van der Waals surface area contributed by atoms with Gasteiger partial charge in [-0.15, -0.1) is 11.3 Å². The van der Waals surface area contributed by atoms with Crippen molar-refractivity contribution >= 4 is 34.7 Å². The van der Waals surface area contributed by atoms with Gasteiger partial charge in [0, 0.05) is 22.7 Å². The molecule has 0 aliphatic rings. The summed E-state index contributed by atoms with van der Waals surface area (Å²) in [5.41, 5.74) is 7.02. The van der Waals surface area contributed by atoms with Crippen LogP contribution in [0.5, 0.6) is 5.75 Å². The fraction of sp³-hybridized carbons (Fsp3) is 0.125. The van der Waals surface area contributed by atoms with Gasteiger partial charge in [-0.2, -0.15) is 5.10 Å². The van der Waals surface area contributed by atoms with Crippen LogP contribution in [0, 0.1) is 0 Å². The van der Waals surface area contributed by atoms with Gasteiger partial charge in [-0.1, -0.05) is 29.8 Å². The van der Waals surface area contributed by atoms with Crippen LogP contribution in [0.3, 0.4) is 0 Å². The number of halogens is 1. The lowest BCUT2D eigenvalue weighted by atomic mass is 10.1. The lowest BCUT2D eigenvalue weighted by molar-refractivity contribution is 0.0696. The highest BCUT2D eigenvalue weighted by atomic mass is 35.5. The normalized spacial score (nSPS) is 12.1. The Labute approximate surface area is 146 Å². The molecule has 0 radical (unpaired) electrons. The molecule has 0 fully saturated rings. The zero-order chi connectivity index (χ0) is 17.3. The number of aromatic amines is 1. The zero-order valence-corrected chi connectivity index (χ0v) is 14.2. The van der Waals surface area contributed by atoms with E-state index in [-0.39, 0.29) is 10.6 Å². The van der Waals surface area contributed by atoms with E-state index >= 15 is 0 Å². The quantitative estimate of drug-likeness (QED) is 0.630. The highest BCUT2D eigenvalue weighted by Crippen LogP contribution is 2.38. The number of hydrogen-bond donors (Lipinski definition) is 3. The molecule has 6 nitrogen and oxygen atoms in total. The molecule has 0 saturated carbocycles. The van der Waals surface area contributed by atoms with Crippen LogP contribution < -0.4 is 10.5 Å². The molecule has 2 heterocycles. The number of nitrogens with zero attached hydrogens (tertiary/aromatic N) is 1.